The van der Waals surface area contributed by atoms with Crippen LogP contribution in [-0.2, 0) is 13.1 Å². The molecule has 0 spiro atoms. The Balaban J connectivity index is 1.84. The number of rotatable bonds is 6. The predicted molar refractivity (Wildman–Crippen MR) is 121 cm³/mol. The highest BCUT2D eigenvalue weighted by Crippen LogP contribution is 2.37. The van der Waals surface area contributed by atoms with Crippen molar-refractivity contribution in [1.82, 2.24) is 14.8 Å². The number of aryl methyl sites for hydroxylation is 3. The summed E-state index contributed by atoms with van der Waals surface area (Å²) in [6.07, 6.45) is 0. The minimum absolute atomic E-state index is 0.114. The lowest BCUT2D eigenvalue weighted by molar-refractivity contribution is 0.0975. The standard InChI is InChI=1S/C23H24N4O2S/c1-5-27-18(13-16(3)25-27)22(28)26(14-17-9-7-6-8-10-17)23-24-20-19(29-4)12-11-15(2)21(20)30-23/h6-13H,5,14H2,1-4H3. The summed E-state index contributed by atoms with van der Waals surface area (Å²) in [6.45, 7) is 6.98. The molecule has 0 bridgehead atoms. The van der Waals surface area contributed by atoms with Crippen LogP contribution in [0.1, 0.15) is 34.2 Å². The molecular formula is C23H24N4O2S. The zero-order chi connectivity index (χ0) is 21.3. The van der Waals surface area contributed by atoms with E-state index in [9.17, 15) is 4.79 Å². The average molecular weight is 421 g/mol. The third-order valence-electron chi connectivity index (χ3n) is 4.99. The number of fused-ring (bicyclic) bond motifs is 1. The van der Waals surface area contributed by atoms with Gasteiger partial charge in [0.2, 0.25) is 0 Å². The molecule has 2 aromatic carbocycles. The molecule has 0 aliphatic carbocycles. The second kappa shape index (κ2) is 8.28. The predicted octanol–water partition coefficient (Wildman–Crippen LogP) is 4.99. The van der Waals surface area contributed by atoms with Gasteiger partial charge in [-0.25, -0.2) is 4.98 Å². The van der Waals surface area contributed by atoms with Crippen LogP contribution in [-0.4, -0.2) is 27.8 Å². The van der Waals surface area contributed by atoms with E-state index in [1.165, 1.54) is 11.3 Å². The number of carbonyl (C=O) groups excluding carboxylic acids is 1. The molecule has 0 saturated heterocycles. The minimum Gasteiger partial charge on any atom is -0.494 e. The molecule has 7 heteroatoms. The molecule has 0 aliphatic rings. The first-order valence-electron chi connectivity index (χ1n) is 9.86. The minimum atomic E-state index is -0.114. The number of amides is 1. The van der Waals surface area contributed by atoms with Crippen molar-refractivity contribution in [2.24, 2.45) is 0 Å². The molecule has 4 rings (SSSR count). The number of anilines is 1. The summed E-state index contributed by atoms with van der Waals surface area (Å²) >= 11 is 1.51. The summed E-state index contributed by atoms with van der Waals surface area (Å²) in [5, 5.41) is 5.10. The first-order valence-corrected chi connectivity index (χ1v) is 10.7. The SMILES string of the molecule is CCn1nc(C)cc1C(=O)N(Cc1ccccc1)c1nc2c(OC)ccc(C)c2s1. The number of hydrogen-bond donors (Lipinski definition) is 0. The number of benzene rings is 2. The Hall–Kier alpha value is -3.19. The fraction of sp³-hybridized carbons (Fsp3) is 0.261. The van der Waals surface area contributed by atoms with Gasteiger partial charge in [0.15, 0.2) is 5.13 Å². The van der Waals surface area contributed by atoms with E-state index < -0.39 is 0 Å². The van der Waals surface area contributed by atoms with Crippen molar-refractivity contribution in [2.45, 2.75) is 33.9 Å². The van der Waals surface area contributed by atoms with Crippen molar-refractivity contribution in [1.29, 1.82) is 0 Å². The van der Waals surface area contributed by atoms with Gasteiger partial charge in [0.25, 0.3) is 5.91 Å². The van der Waals surface area contributed by atoms with E-state index in [0.29, 0.717) is 29.7 Å². The molecule has 154 valence electrons. The van der Waals surface area contributed by atoms with Gasteiger partial charge < -0.3 is 4.74 Å². The number of ether oxygens (including phenoxy) is 1. The molecule has 2 heterocycles. The van der Waals surface area contributed by atoms with Gasteiger partial charge in [0, 0.05) is 6.54 Å². The summed E-state index contributed by atoms with van der Waals surface area (Å²) in [7, 11) is 1.64. The highest BCUT2D eigenvalue weighted by atomic mass is 32.1. The Morgan fingerprint density at radius 2 is 1.93 bits per heavy atom. The lowest BCUT2D eigenvalue weighted by atomic mass is 10.2. The summed E-state index contributed by atoms with van der Waals surface area (Å²) in [4.78, 5) is 20.2. The van der Waals surface area contributed by atoms with Crippen molar-refractivity contribution in [3.63, 3.8) is 0 Å². The van der Waals surface area contributed by atoms with E-state index in [0.717, 1.165) is 27.0 Å². The molecule has 6 nitrogen and oxygen atoms in total. The van der Waals surface area contributed by atoms with Crippen LogP contribution in [0.15, 0.2) is 48.5 Å². The van der Waals surface area contributed by atoms with Crippen molar-refractivity contribution in [3.05, 3.63) is 71.0 Å². The first kappa shape index (κ1) is 20.1. The molecule has 2 aromatic heterocycles. The van der Waals surface area contributed by atoms with Crippen molar-refractivity contribution < 1.29 is 9.53 Å². The van der Waals surface area contributed by atoms with Crippen molar-refractivity contribution >= 4 is 32.6 Å². The van der Waals surface area contributed by atoms with Gasteiger partial charge in [-0.05, 0) is 44.0 Å². The van der Waals surface area contributed by atoms with E-state index in [1.807, 2.05) is 69.3 Å². The summed E-state index contributed by atoms with van der Waals surface area (Å²) in [5.74, 6) is 0.594. The van der Waals surface area contributed by atoms with Crippen LogP contribution in [0.4, 0.5) is 5.13 Å². The van der Waals surface area contributed by atoms with Crippen molar-refractivity contribution in [3.8, 4) is 5.75 Å². The third-order valence-corrected chi connectivity index (χ3v) is 6.21. The van der Waals surface area contributed by atoms with E-state index in [4.69, 9.17) is 9.72 Å². The van der Waals surface area contributed by atoms with Crippen LogP contribution in [0.5, 0.6) is 5.75 Å². The third kappa shape index (κ3) is 3.68. The summed E-state index contributed by atoms with van der Waals surface area (Å²) in [6, 6.07) is 15.7. The molecule has 0 fully saturated rings. The summed E-state index contributed by atoms with van der Waals surface area (Å²) in [5.41, 5.74) is 4.31. The lowest BCUT2D eigenvalue weighted by Gasteiger charge is -2.20. The van der Waals surface area contributed by atoms with Crippen LogP contribution in [0.2, 0.25) is 0 Å². The molecule has 0 saturated carbocycles. The molecule has 4 aromatic rings. The normalized spacial score (nSPS) is 11.1. The highest BCUT2D eigenvalue weighted by Gasteiger charge is 2.26. The van der Waals surface area contributed by atoms with Gasteiger partial charge >= 0.3 is 0 Å². The fourth-order valence-electron chi connectivity index (χ4n) is 3.47. The van der Waals surface area contributed by atoms with Gasteiger partial charge in [-0.1, -0.05) is 47.7 Å². The number of nitrogens with zero attached hydrogens (tertiary/aromatic N) is 4. The van der Waals surface area contributed by atoms with Gasteiger partial charge in [-0.15, -0.1) is 0 Å². The van der Waals surface area contributed by atoms with Crippen LogP contribution >= 0.6 is 11.3 Å². The highest BCUT2D eigenvalue weighted by molar-refractivity contribution is 7.22. The zero-order valence-corrected chi connectivity index (χ0v) is 18.4. The smallest absolute Gasteiger partial charge is 0.278 e. The Bertz CT molecular complexity index is 1200. The van der Waals surface area contributed by atoms with Gasteiger partial charge in [0.1, 0.15) is 17.0 Å². The maximum Gasteiger partial charge on any atom is 0.278 e. The molecule has 0 radical (unpaired) electrons. The maximum atomic E-state index is 13.7. The fourth-order valence-corrected chi connectivity index (χ4v) is 4.52. The van der Waals surface area contributed by atoms with Gasteiger partial charge in [-0.3, -0.25) is 14.4 Å². The zero-order valence-electron chi connectivity index (χ0n) is 17.5. The lowest BCUT2D eigenvalue weighted by Crippen LogP contribution is -2.32. The molecular weight excluding hydrogens is 396 g/mol. The van der Waals surface area contributed by atoms with E-state index in [2.05, 4.69) is 5.10 Å². The monoisotopic (exact) mass is 420 g/mol. The molecule has 0 atom stereocenters. The molecule has 0 N–H and O–H groups in total. The average Bonchev–Trinajstić information content (AvgIpc) is 3.37. The molecule has 1 amide bonds. The molecule has 0 aliphatic heterocycles. The van der Waals surface area contributed by atoms with E-state index >= 15 is 0 Å². The first-order chi connectivity index (χ1) is 14.5. The van der Waals surface area contributed by atoms with Crippen LogP contribution in [0, 0.1) is 13.8 Å². The topological polar surface area (TPSA) is 60.2 Å². The Labute approximate surface area is 179 Å². The van der Waals surface area contributed by atoms with Crippen LogP contribution < -0.4 is 9.64 Å². The largest absolute Gasteiger partial charge is 0.494 e. The van der Waals surface area contributed by atoms with E-state index in [-0.39, 0.29) is 5.91 Å². The Kier molecular flexibility index (Phi) is 5.55. The van der Waals surface area contributed by atoms with Crippen LogP contribution in [0.3, 0.4) is 0 Å². The number of hydrogen-bond acceptors (Lipinski definition) is 5. The summed E-state index contributed by atoms with van der Waals surface area (Å²) < 4.78 is 8.27. The second-order valence-corrected chi connectivity index (χ2v) is 8.10. The number of carbonyl (C=O) groups is 1. The number of thiazole rings is 1. The quantitative estimate of drug-likeness (QED) is 0.441. The Morgan fingerprint density at radius 3 is 2.63 bits per heavy atom. The van der Waals surface area contributed by atoms with Crippen LogP contribution in [0.25, 0.3) is 10.2 Å². The number of aromatic nitrogens is 3. The second-order valence-electron chi connectivity index (χ2n) is 7.12. The number of methoxy groups -OCH3 is 1. The van der Waals surface area contributed by atoms with Gasteiger partial charge in [0.05, 0.1) is 24.0 Å². The Morgan fingerprint density at radius 1 is 1.17 bits per heavy atom. The van der Waals surface area contributed by atoms with Crippen molar-refractivity contribution in [2.75, 3.05) is 12.0 Å². The van der Waals surface area contributed by atoms with Gasteiger partial charge in [-0.2, -0.15) is 5.10 Å². The molecule has 30 heavy (non-hydrogen) atoms. The van der Waals surface area contributed by atoms with E-state index in [1.54, 1.807) is 16.7 Å². The molecule has 0 unspecified atom stereocenters. The maximum absolute atomic E-state index is 13.7.